The number of methoxy groups -OCH3 is 2. The Bertz CT molecular complexity index is 1200. The molecule has 1 aliphatic heterocycles. The number of hydrogen-bond acceptors (Lipinski definition) is 5. The maximum absolute atomic E-state index is 14.2. The molecular weight excluding hydrogens is 430 g/mol. The fourth-order valence-corrected chi connectivity index (χ4v) is 4.43. The van der Waals surface area contributed by atoms with E-state index >= 15 is 0 Å². The third-order valence-corrected chi connectivity index (χ3v) is 5.95. The van der Waals surface area contributed by atoms with Crippen LogP contribution in [0.3, 0.4) is 0 Å². The van der Waals surface area contributed by atoms with Gasteiger partial charge in [0.15, 0.2) is 5.78 Å². The SMILES string of the molecule is COc1ccc([C@@H]2C(C(=O)Nc3ccc(F)cc3F)=C(C)NC3=C2C(=O)CCC3)c(OC)c1. The van der Waals surface area contributed by atoms with Crippen molar-refractivity contribution in [1.82, 2.24) is 5.32 Å². The van der Waals surface area contributed by atoms with Gasteiger partial charge in [0.2, 0.25) is 0 Å². The van der Waals surface area contributed by atoms with Gasteiger partial charge in [0, 0.05) is 46.7 Å². The van der Waals surface area contributed by atoms with Gasteiger partial charge in [-0.05, 0) is 38.0 Å². The number of ether oxygens (including phenoxy) is 2. The minimum absolute atomic E-state index is 0.0580. The smallest absolute Gasteiger partial charge is 0.254 e. The van der Waals surface area contributed by atoms with Gasteiger partial charge in [0.05, 0.1) is 25.8 Å². The molecule has 8 heteroatoms. The molecule has 0 saturated heterocycles. The fraction of sp³-hybridized carbons (Fsp3) is 0.280. The van der Waals surface area contributed by atoms with Gasteiger partial charge >= 0.3 is 0 Å². The van der Waals surface area contributed by atoms with Crippen molar-refractivity contribution in [3.63, 3.8) is 0 Å². The first-order valence-electron chi connectivity index (χ1n) is 10.6. The maximum Gasteiger partial charge on any atom is 0.254 e. The van der Waals surface area contributed by atoms with Crippen molar-refractivity contribution in [2.24, 2.45) is 0 Å². The van der Waals surface area contributed by atoms with E-state index in [2.05, 4.69) is 10.6 Å². The number of anilines is 1. The van der Waals surface area contributed by atoms with Crippen molar-refractivity contribution >= 4 is 17.4 Å². The molecule has 1 atom stereocenters. The average Bonchev–Trinajstić information content (AvgIpc) is 2.79. The quantitative estimate of drug-likeness (QED) is 0.691. The van der Waals surface area contributed by atoms with Gasteiger partial charge in [0.1, 0.15) is 23.1 Å². The normalized spacial score (nSPS) is 18.0. The Hall–Kier alpha value is -3.68. The van der Waals surface area contributed by atoms with Crippen molar-refractivity contribution < 1.29 is 27.8 Å². The van der Waals surface area contributed by atoms with Crippen LogP contribution < -0.4 is 20.1 Å². The zero-order chi connectivity index (χ0) is 23.7. The van der Waals surface area contributed by atoms with Crippen LogP contribution in [0.1, 0.15) is 37.7 Å². The zero-order valence-electron chi connectivity index (χ0n) is 18.6. The summed E-state index contributed by atoms with van der Waals surface area (Å²) in [6.07, 6.45) is 1.76. The van der Waals surface area contributed by atoms with Gasteiger partial charge in [-0.15, -0.1) is 0 Å². The largest absolute Gasteiger partial charge is 0.497 e. The number of amides is 1. The molecule has 2 N–H and O–H groups in total. The second-order valence-corrected chi connectivity index (χ2v) is 7.95. The number of allylic oxidation sites excluding steroid dienone is 3. The summed E-state index contributed by atoms with van der Waals surface area (Å²) in [5.41, 5.74) is 2.54. The Morgan fingerprint density at radius 2 is 1.88 bits per heavy atom. The predicted octanol–water partition coefficient (Wildman–Crippen LogP) is 4.59. The number of halogens is 2. The molecule has 0 aromatic heterocycles. The van der Waals surface area contributed by atoms with Crippen LogP contribution >= 0.6 is 0 Å². The number of carbonyl (C=O) groups excluding carboxylic acids is 2. The summed E-state index contributed by atoms with van der Waals surface area (Å²) in [5.74, 6) is -2.00. The second-order valence-electron chi connectivity index (χ2n) is 7.95. The summed E-state index contributed by atoms with van der Waals surface area (Å²) in [7, 11) is 3.03. The van der Waals surface area contributed by atoms with Crippen molar-refractivity contribution in [2.75, 3.05) is 19.5 Å². The highest BCUT2D eigenvalue weighted by Crippen LogP contribution is 2.46. The second kappa shape index (κ2) is 9.05. The van der Waals surface area contributed by atoms with E-state index in [0.717, 1.165) is 17.8 Å². The number of Topliss-reactive ketones (excluding diaryl/α,β-unsaturated/α-hetero) is 1. The number of benzene rings is 2. The Balaban J connectivity index is 1.84. The van der Waals surface area contributed by atoms with Crippen LogP contribution in [-0.2, 0) is 9.59 Å². The molecule has 0 fully saturated rings. The Morgan fingerprint density at radius 1 is 1.09 bits per heavy atom. The van der Waals surface area contributed by atoms with Gasteiger partial charge < -0.3 is 20.1 Å². The van der Waals surface area contributed by atoms with Crippen LogP contribution in [0, 0.1) is 11.6 Å². The number of nitrogens with one attached hydrogen (secondary N) is 2. The topological polar surface area (TPSA) is 76.7 Å². The molecule has 2 aromatic carbocycles. The summed E-state index contributed by atoms with van der Waals surface area (Å²) in [6, 6.07) is 8.11. The molecule has 6 nitrogen and oxygen atoms in total. The number of dihydropyridines is 1. The predicted molar refractivity (Wildman–Crippen MR) is 119 cm³/mol. The van der Waals surface area contributed by atoms with Crippen LogP contribution in [0.4, 0.5) is 14.5 Å². The fourth-order valence-electron chi connectivity index (χ4n) is 4.43. The number of carbonyl (C=O) groups is 2. The monoisotopic (exact) mass is 454 g/mol. The lowest BCUT2D eigenvalue weighted by molar-refractivity contribution is -0.116. The number of hydrogen-bond donors (Lipinski definition) is 2. The van der Waals surface area contributed by atoms with Crippen molar-refractivity contribution in [1.29, 1.82) is 0 Å². The lowest BCUT2D eigenvalue weighted by Crippen LogP contribution is -2.35. The molecule has 4 rings (SSSR count). The third kappa shape index (κ3) is 4.20. The molecule has 0 bridgehead atoms. The first kappa shape index (κ1) is 22.5. The van der Waals surface area contributed by atoms with Crippen LogP contribution in [-0.4, -0.2) is 25.9 Å². The first-order chi connectivity index (χ1) is 15.8. The highest BCUT2D eigenvalue weighted by molar-refractivity contribution is 6.10. The Labute approximate surface area is 190 Å². The van der Waals surface area contributed by atoms with E-state index in [1.54, 1.807) is 25.1 Å². The lowest BCUT2D eigenvalue weighted by atomic mass is 9.74. The summed E-state index contributed by atoms with van der Waals surface area (Å²) in [6.45, 7) is 1.74. The summed E-state index contributed by atoms with van der Waals surface area (Å²) in [4.78, 5) is 26.5. The van der Waals surface area contributed by atoms with Gasteiger partial charge in [0.25, 0.3) is 5.91 Å². The molecule has 2 aromatic rings. The summed E-state index contributed by atoms with van der Waals surface area (Å²) in [5, 5.41) is 5.74. The van der Waals surface area contributed by atoms with Gasteiger partial charge in [-0.1, -0.05) is 6.07 Å². The Morgan fingerprint density at radius 3 is 2.58 bits per heavy atom. The Kier molecular flexibility index (Phi) is 6.18. The minimum Gasteiger partial charge on any atom is -0.497 e. The summed E-state index contributed by atoms with van der Waals surface area (Å²) >= 11 is 0. The van der Waals surface area contributed by atoms with Crippen molar-refractivity contribution in [3.05, 3.63) is 76.1 Å². The van der Waals surface area contributed by atoms with E-state index < -0.39 is 23.5 Å². The van der Waals surface area contributed by atoms with Crippen LogP contribution in [0.15, 0.2) is 58.9 Å². The molecule has 2 aliphatic rings. The molecule has 0 saturated carbocycles. The summed E-state index contributed by atoms with van der Waals surface area (Å²) < 4.78 is 38.4. The van der Waals surface area contributed by atoms with Gasteiger partial charge in [-0.2, -0.15) is 0 Å². The standard InChI is InChI=1S/C25H24F2N2O4/c1-13-22(25(31)29-18-10-7-14(26)11-17(18)27)23(24-19(28-13)5-4-6-20(24)30)16-9-8-15(32-2)12-21(16)33-3/h7-12,23,28H,4-6H2,1-3H3,(H,29,31)/t23-/m1/s1. The zero-order valence-corrected chi connectivity index (χ0v) is 18.6. The average molecular weight is 454 g/mol. The van der Waals surface area contributed by atoms with E-state index in [0.29, 0.717) is 53.7 Å². The maximum atomic E-state index is 14.2. The molecule has 0 spiro atoms. The van der Waals surface area contributed by atoms with Crippen molar-refractivity contribution in [2.45, 2.75) is 32.1 Å². The van der Waals surface area contributed by atoms with E-state index in [1.165, 1.54) is 14.2 Å². The molecular formula is C25H24F2N2O4. The lowest BCUT2D eigenvalue weighted by Gasteiger charge is -2.35. The number of rotatable bonds is 5. The van der Waals surface area contributed by atoms with Crippen LogP contribution in [0.2, 0.25) is 0 Å². The highest BCUT2D eigenvalue weighted by Gasteiger charge is 2.40. The minimum atomic E-state index is -0.891. The number of ketones is 1. The molecule has 0 radical (unpaired) electrons. The molecule has 1 heterocycles. The highest BCUT2D eigenvalue weighted by atomic mass is 19.1. The van der Waals surface area contributed by atoms with Crippen molar-refractivity contribution in [3.8, 4) is 11.5 Å². The van der Waals surface area contributed by atoms with Crippen LogP contribution in [0.5, 0.6) is 11.5 Å². The molecule has 172 valence electrons. The molecule has 1 aliphatic carbocycles. The van der Waals surface area contributed by atoms with E-state index in [-0.39, 0.29) is 17.0 Å². The third-order valence-electron chi connectivity index (χ3n) is 5.95. The molecule has 33 heavy (non-hydrogen) atoms. The van der Waals surface area contributed by atoms with Crippen LogP contribution in [0.25, 0.3) is 0 Å². The first-order valence-corrected chi connectivity index (χ1v) is 10.6. The van der Waals surface area contributed by atoms with E-state index in [4.69, 9.17) is 9.47 Å². The molecule has 1 amide bonds. The van der Waals surface area contributed by atoms with Gasteiger partial charge in [-0.3, -0.25) is 9.59 Å². The molecule has 0 unspecified atom stereocenters. The van der Waals surface area contributed by atoms with E-state index in [1.807, 2.05) is 0 Å². The van der Waals surface area contributed by atoms with E-state index in [9.17, 15) is 18.4 Å². The van der Waals surface area contributed by atoms with Gasteiger partial charge in [-0.25, -0.2) is 8.78 Å².